The van der Waals surface area contributed by atoms with Crippen LogP contribution in [0.2, 0.25) is 0 Å². The summed E-state index contributed by atoms with van der Waals surface area (Å²) < 4.78 is 1.12. The van der Waals surface area contributed by atoms with E-state index in [0.29, 0.717) is 5.92 Å². The van der Waals surface area contributed by atoms with Gasteiger partial charge in [0, 0.05) is 16.1 Å². The first kappa shape index (κ1) is 15.7. The Hall–Kier alpha value is -2.58. The van der Waals surface area contributed by atoms with E-state index in [4.69, 9.17) is 0 Å². The molecule has 0 amide bonds. The molecule has 0 aliphatic carbocycles. The highest BCUT2D eigenvalue weighted by atomic mass is 79.9. The highest BCUT2D eigenvalue weighted by Crippen LogP contribution is 2.50. The van der Waals surface area contributed by atoms with Crippen molar-refractivity contribution >= 4 is 32.4 Å². The molecule has 1 N–H and O–H groups in total. The van der Waals surface area contributed by atoms with Crippen molar-refractivity contribution in [2.45, 2.75) is 12.0 Å². The van der Waals surface area contributed by atoms with Crippen LogP contribution in [0.4, 0.5) is 5.69 Å². The van der Waals surface area contributed by atoms with E-state index >= 15 is 0 Å². The first-order valence-corrected chi connectivity index (χ1v) is 9.69. The molecule has 2 heteroatoms. The molecule has 0 saturated heterocycles. The van der Waals surface area contributed by atoms with Gasteiger partial charge in [-0.2, -0.15) is 0 Å². The van der Waals surface area contributed by atoms with E-state index in [9.17, 15) is 0 Å². The predicted octanol–water partition coefficient (Wildman–Crippen LogP) is 6.90. The van der Waals surface area contributed by atoms with Crippen LogP contribution < -0.4 is 5.32 Å². The molecule has 126 valence electrons. The van der Waals surface area contributed by atoms with Crippen LogP contribution in [-0.4, -0.2) is 0 Å². The molecule has 0 aromatic heterocycles. The van der Waals surface area contributed by atoms with Crippen LogP contribution in [0.15, 0.2) is 95.5 Å². The molecule has 2 unspecified atom stereocenters. The number of nitrogens with one attached hydrogen (secondary N) is 1. The lowest BCUT2D eigenvalue weighted by Gasteiger charge is -2.22. The third kappa shape index (κ3) is 2.53. The molecule has 0 spiro atoms. The van der Waals surface area contributed by atoms with E-state index < -0.39 is 0 Å². The van der Waals surface area contributed by atoms with E-state index in [-0.39, 0.29) is 6.04 Å². The molecule has 5 rings (SSSR count). The Morgan fingerprint density at radius 2 is 1.38 bits per heavy atom. The quantitative estimate of drug-likeness (QED) is 0.386. The van der Waals surface area contributed by atoms with Gasteiger partial charge in [0.1, 0.15) is 0 Å². The topological polar surface area (TPSA) is 12.0 Å². The summed E-state index contributed by atoms with van der Waals surface area (Å²) in [5.41, 5.74) is 5.31. The summed E-state index contributed by atoms with van der Waals surface area (Å²) >= 11 is 3.61. The molecule has 1 aliphatic rings. The van der Waals surface area contributed by atoms with Gasteiger partial charge in [0.2, 0.25) is 0 Å². The second-order valence-electron chi connectivity index (χ2n) is 6.81. The van der Waals surface area contributed by atoms with E-state index in [1.54, 1.807) is 0 Å². The Kier molecular flexibility index (Phi) is 3.79. The summed E-state index contributed by atoms with van der Waals surface area (Å²) in [5, 5.41) is 6.39. The Bertz CT molecular complexity index is 1070. The fourth-order valence-electron chi connectivity index (χ4n) is 4.16. The number of hydrogen-bond donors (Lipinski definition) is 1. The van der Waals surface area contributed by atoms with Crippen molar-refractivity contribution in [3.63, 3.8) is 0 Å². The summed E-state index contributed by atoms with van der Waals surface area (Å²) in [5.74, 6) is 0.290. The number of hydrogen-bond acceptors (Lipinski definition) is 1. The van der Waals surface area contributed by atoms with Gasteiger partial charge < -0.3 is 5.32 Å². The Labute approximate surface area is 161 Å². The molecule has 1 aliphatic heterocycles. The van der Waals surface area contributed by atoms with E-state index in [1.807, 2.05) is 0 Å². The summed E-state index contributed by atoms with van der Waals surface area (Å²) in [7, 11) is 0. The average molecular weight is 400 g/mol. The number of fused-ring (bicyclic) bond motifs is 3. The van der Waals surface area contributed by atoms with Crippen molar-refractivity contribution in [3.8, 4) is 0 Å². The largest absolute Gasteiger partial charge is 0.377 e. The lowest BCUT2D eigenvalue weighted by molar-refractivity contribution is 0.716. The summed E-state index contributed by atoms with van der Waals surface area (Å²) in [6.07, 6.45) is 0. The lowest BCUT2D eigenvalue weighted by atomic mass is 9.83. The fourth-order valence-corrected chi connectivity index (χ4v) is 4.54. The third-order valence-corrected chi connectivity index (χ3v) is 5.79. The van der Waals surface area contributed by atoms with Gasteiger partial charge in [-0.15, -0.1) is 0 Å². The molecule has 1 nitrogen and oxygen atoms in total. The van der Waals surface area contributed by atoms with Crippen LogP contribution in [0.1, 0.15) is 28.7 Å². The highest BCUT2D eigenvalue weighted by Gasteiger charge is 2.35. The first-order valence-electron chi connectivity index (χ1n) is 8.90. The predicted molar refractivity (Wildman–Crippen MR) is 113 cm³/mol. The molecular weight excluding hydrogens is 382 g/mol. The van der Waals surface area contributed by atoms with Crippen LogP contribution in [0, 0.1) is 0 Å². The third-order valence-electron chi connectivity index (χ3n) is 5.30. The minimum atomic E-state index is 0.239. The summed E-state index contributed by atoms with van der Waals surface area (Å²) in [4.78, 5) is 0. The molecule has 2 atom stereocenters. The maximum absolute atomic E-state index is 3.79. The standard InChI is InChI=1S/C24H18BrN/c25-19-12-13-20-18(15-19)11-14-21-23(20)22(16-7-3-1-4-8-16)24(26-21)17-9-5-2-6-10-17/h1-15,22,24,26H. The molecule has 1 heterocycles. The fraction of sp³-hybridized carbons (Fsp3) is 0.0833. The number of halogens is 1. The van der Waals surface area contributed by atoms with Crippen LogP contribution in [0.25, 0.3) is 10.8 Å². The first-order chi connectivity index (χ1) is 12.8. The van der Waals surface area contributed by atoms with Crippen LogP contribution >= 0.6 is 15.9 Å². The van der Waals surface area contributed by atoms with E-state index in [2.05, 4.69) is 112 Å². The minimum Gasteiger partial charge on any atom is -0.377 e. The van der Waals surface area contributed by atoms with Crippen molar-refractivity contribution in [2.24, 2.45) is 0 Å². The lowest BCUT2D eigenvalue weighted by Crippen LogP contribution is -2.12. The van der Waals surface area contributed by atoms with Crippen molar-refractivity contribution in [1.82, 2.24) is 0 Å². The molecule has 0 saturated carbocycles. The van der Waals surface area contributed by atoms with Gasteiger partial charge in [0.05, 0.1) is 6.04 Å². The maximum atomic E-state index is 3.79. The minimum absolute atomic E-state index is 0.239. The highest BCUT2D eigenvalue weighted by molar-refractivity contribution is 9.10. The number of benzene rings is 4. The van der Waals surface area contributed by atoms with Gasteiger partial charge in [-0.05, 0) is 45.7 Å². The van der Waals surface area contributed by atoms with Crippen molar-refractivity contribution in [2.75, 3.05) is 5.32 Å². The van der Waals surface area contributed by atoms with Crippen LogP contribution in [0.3, 0.4) is 0 Å². The van der Waals surface area contributed by atoms with Gasteiger partial charge in [-0.1, -0.05) is 88.7 Å². The molecule has 4 aromatic carbocycles. The summed E-state index contributed by atoms with van der Waals surface area (Å²) in [6, 6.07) is 32.9. The van der Waals surface area contributed by atoms with Gasteiger partial charge in [0.15, 0.2) is 0 Å². The molecule has 4 aromatic rings. The van der Waals surface area contributed by atoms with Gasteiger partial charge in [0.25, 0.3) is 0 Å². The molecule has 0 radical (unpaired) electrons. The Balaban J connectivity index is 1.76. The number of anilines is 1. The second kappa shape index (κ2) is 6.30. The van der Waals surface area contributed by atoms with Crippen LogP contribution in [0.5, 0.6) is 0 Å². The Morgan fingerprint density at radius 3 is 2.12 bits per heavy atom. The monoisotopic (exact) mass is 399 g/mol. The van der Waals surface area contributed by atoms with Gasteiger partial charge in [-0.3, -0.25) is 0 Å². The molecular formula is C24H18BrN. The van der Waals surface area contributed by atoms with Crippen LogP contribution in [-0.2, 0) is 0 Å². The van der Waals surface area contributed by atoms with Crippen molar-refractivity contribution < 1.29 is 0 Å². The second-order valence-corrected chi connectivity index (χ2v) is 7.73. The van der Waals surface area contributed by atoms with E-state index in [0.717, 1.165) is 4.47 Å². The van der Waals surface area contributed by atoms with Crippen molar-refractivity contribution in [3.05, 3.63) is 112 Å². The Morgan fingerprint density at radius 1 is 0.692 bits per heavy atom. The smallest absolute Gasteiger partial charge is 0.0624 e. The SMILES string of the molecule is Brc1ccc2c3c(ccc2c1)NC(c1ccccc1)C3c1ccccc1. The zero-order valence-corrected chi connectivity index (χ0v) is 15.8. The molecule has 0 bridgehead atoms. The maximum Gasteiger partial charge on any atom is 0.0624 e. The molecule has 0 fully saturated rings. The normalized spacial score (nSPS) is 18.5. The molecule has 26 heavy (non-hydrogen) atoms. The van der Waals surface area contributed by atoms with E-state index in [1.165, 1.54) is 33.2 Å². The van der Waals surface area contributed by atoms with Gasteiger partial charge in [-0.25, -0.2) is 0 Å². The zero-order valence-electron chi connectivity index (χ0n) is 14.2. The summed E-state index contributed by atoms with van der Waals surface area (Å²) in [6.45, 7) is 0. The van der Waals surface area contributed by atoms with Crippen molar-refractivity contribution in [1.29, 1.82) is 0 Å². The zero-order chi connectivity index (χ0) is 17.5. The number of rotatable bonds is 2. The van der Waals surface area contributed by atoms with Gasteiger partial charge >= 0.3 is 0 Å². The average Bonchev–Trinajstić information content (AvgIpc) is 3.09.